The van der Waals surface area contributed by atoms with E-state index in [0.717, 1.165) is 32.1 Å². The van der Waals surface area contributed by atoms with Crippen LogP contribution in [0.5, 0.6) is 0 Å². The lowest BCUT2D eigenvalue weighted by molar-refractivity contribution is -0.196. The van der Waals surface area contributed by atoms with Crippen molar-refractivity contribution < 1.29 is 19.1 Å². The van der Waals surface area contributed by atoms with Gasteiger partial charge in [-0.05, 0) is 101 Å². The van der Waals surface area contributed by atoms with Crippen molar-refractivity contribution in [2.75, 3.05) is 0 Å². The standard InChI is InChI=1S/C27H40O4/c1-16-14-19(29)15-18-8-9-20-21-11-13-27(17(2)28,31-23(30)24(3,4)5)25(21,6)12-10-22(20)26(16,18)7/h15-16,20-22H,8-14H2,1-7H3/t16?,20-,21-,22-,25-,26-,27-/m0/s1. The molecular formula is C27H40O4. The fraction of sp³-hybridized carbons (Fsp3) is 0.815. The number of hydrogen-bond acceptors (Lipinski definition) is 4. The van der Waals surface area contributed by atoms with Gasteiger partial charge in [0, 0.05) is 11.8 Å². The minimum Gasteiger partial charge on any atom is -0.450 e. The lowest BCUT2D eigenvalue weighted by Gasteiger charge is -2.60. The quantitative estimate of drug-likeness (QED) is 0.531. The first kappa shape index (κ1) is 22.7. The maximum atomic E-state index is 13.1. The van der Waals surface area contributed by atoms with Gasteiger partial charge in [0.1, 0.15) is 0 Å². The molecule has 4 heteroatoms. The van der Waals surface area contributed by atoms with Crippen LogP contribution in [0.1, 0.15) is 93.4 Å². The fourth-order valence-electron chi connectivity index (χ4n) is 8.07. The summed E-state index contributed by atoms with van der Waals surface area (Å²) in [6.45, 7) is 14.1. The normalized spacial score (nSPS) is 44.6. The third-order valence-electron chi connectivity index (χ3n) is 10.1. The fourth-order valence-corrected chi connectivity index (χ4v) is 8.07. The van der Waals surface area contributed by atoms with Crippen LogP contribution < -0.4 is 0 Å². The monoisotopic (exact) mass is 428 g/mol. The first-order valence-electron chi connectivity index (χ1n) is 12.3. The summed E-state index contributed by atoms with van der Waals surface area (Å²) in [5.41, 5.74) is -0.515. The maximum Gasteiger partial charge on any atom is 0.312 e. The van der Waals surface area contributed by atoms with Gasteiger partial charge in [-0.1, -0.05) is 26.3 Å². The van der Waals surface area contributed by atoms with Crippen molar-refractivity contribution in [3.05, 3.63) is 11.6 Å². The Balaban J connectivity index is 1.70. The Morgan fingerprint density at radius 3 is 2.32 bits per heavy atom. The van der Waals surface area contributed by atoms with E-state index < -0.39 is 11.0 Å². The number of carbonyl (C=O) groups excluding carboxylic acids is 3. The van der Waals surface area contributed by atoms with Crippen LogP contribution in [0, 0.1) is 39.9 Å². The van der Waals surface area contributed by atoms with E-state index in [4.69, 9.17) is 4.74 Å². The van der Waals surface area contributed by atoms with Gasteiger partial charge in [-0.15, -0.1) is 0 Å². The highest BCUT2D eigenvalue weighted by molar-refractivity contribution is 5.92. The molecule has 0 heterocycles. The van der Waals surface area contributed by atoms with Crippen LogP contribution in [0.15, 0.2) is 11.6 Å². The van der Waals surface area contributed by atoms with E-state index in [-0.39, 0.29) is 28.4 Å². The lowest BCUT2D eigenvalue weighted by Crippen LogP contribution is -2.60. The molecule has 0 aliphatic heterocycles. The zero-order chi connectivity index (χ0) is 23.0. The van der Waals surface area contributed by atoms with E-state index in [1.54, 1.807) is 6.92 Å². The molecule has 0 radical (unpaired) electrons. The highest BCUT2D eigenvalue weighted by Gasteiger charge is 2.68. The van der Waals surface area contributed by atoms with Crippen molar-refractivity contribution in [1.29, 1.82) is 0 Å². The summed E-state index contributed by atoms with van der Waals surface area (Å²) >= 11 is 0. The molecule has 4 aliphatic rings. The lowest BCUT2D eigenvalue weighted by atomic mass is 9.44. The molecule has 0 N–H and O–H groups in total. The Bertz CT molecular complexity index is 848. The van der Waals surface area contributed by atoms with Crippen molar-refractivity contribution in [1.82, 2.24) is 0 Å². The molecule has 4 rings (SSSR count). The number of fused-ring (bicyclic) bond motifs is 5. The van der Waals surface area contributed by atoms with Crippen LogP contribution in [0.25, 0.3) is 0 Å². The van der Waals surface area contributed by atoms with Crippen molar-refractivity contribution in [3.63, 3.8) is 0 Å². The van der Waals surface area contributed by atoms with Gasteiger partial charge in [0.25, 0.3) is 0 Å². The molecule has 3 fully saturated rings. The molecule has 0 amide bonds. The van der Waals surface area contributed by atoms with Crippen molar-refractivity contribution in [2.24, 2.45) is 39.9 Å². The molecule has 3 saturated carbocycles. The summed E-state index contributed by atoms with van der Waals surface area (Å²) < 4.78 is 6.20. The van der Waals surface area contributed by atoms with Crippen molar-refractivity contribution in [2.45, 2.75) is 99.0 Å². The minimum atomic E-state index is -1.00. The van der Waals surface area contributed by atoms with Crippen LogP contribution in [-0.2, 0) is 19.1 Å². The maximum absolute atomic E-state index is 13.1. The first-order chi connectivity index (χ1) is 14.3. The SMILES string of the molecule is CC(=O)[C@@]1(OC(=O)C(C)(C)C)CC[C@H]2[C@@H]3CCC4=CC(=O)CC(C)[C@]4(C)[C@H]3CC[C@@]21C. The second-order valence-electron chi connectivity index (χ2n) is 12.5. The van der Waals surface area contributed by atoms with Crippen molar-refractivity contribution >= 4 is 17.5 Å². The number of ketones is 2. The van der Waals surface area contributed by atoms with Crippen LogP contribution in [0.3, 0.4) is 0 Å². The molecule has 0 saturated heterocycles. The average molecular weight is 429 g/mol. The van der Waals surface area contributed by atoms with Crippen LogP contribution in [-0.4, -0.2) is 23.1 Å². The summed E-state index contributed by atoms with van der Waals surface area (Å²) in [5.74, 6) is 1.81. The molecule has 4 aliphatic carbocycles. The smallest absolute Gasteiger partial charge is 0.312 e. The van der Waals surface area contributed by atoms with Crippen molar-refractivity contribution in [3.8, 4) is 0 Å². The van der Waals surface area contributed by atoms with E-state index in [1.165, 1.54) is 5.57 Å². The number of carbonyl (C=O) groups is 3. The molecule has 0 bridgehead atoms. The van der Waals surface area contributed by atoms with Gasteiger partial charge in [-0.2, -0.15) is 0 Å². The van der Waals surface area contributed by atoms with Crippen LogP contribution in [0.2, 0.25) is 0 Å². The molecule has 1 unspecified atom stereocenters. The predicted molar refractivity (Wildman–Crippen MR) is 120 cm³/mol. The van der Waals surface area contributed by atoms with E-state index in [9.17, 15) is 14.4 Å². The predicted octanol–water partition coefficient (Wildman–Crippen LogP) is 5.68. The molecule has 7 atom stereocenters. The van der Waals surface area contributed by atoms with E-state index in [1.807, 2.05) is 26.8 Å². The largest absolute Gasteiger partial charge is 0.450 e. The highest BCUT2D eigenvalue weighted by Crippen LogP contribution is 2.69. The minimum absolute atomic E-state index is 0.00721. The zero-order valence-corrected chi connectivity index (χ0v) is 20.5. The number of Topliss-reactive ketones (excluding diaryl/α,β-unsaturated/α-hetero) is 1. The zero-order valence-electron chi connectivity index (χ0n) is 20.5. The van der Waals surface area contributed by atoms with Crippen LogP contribution >= 0.6 is 0 Å². The van der Waals surface area contributed by atoms with Gasteiger partial charge in [0.15, 0.2) is 17.2 Å². The Kier molecular flexibility index (Phi) is 5.15. The number of esters is 1. The Labute approximate surface area is 187 Å². The van der Waals surface area contributed by atoms with Gasteiger partial charge < -0.3 is 4.74 Å². The average Bonchev–Trinajstić information content (AvgIpc) is 2.96. The number of rotatable bonds is 2. The van der Waals surface area contributed by atoms with Gasteiger partial charge in [0.2, 0.25) is 0 Å². The summed E-state index contributed by atoms with van der Waals surface area (Å²) in [7, 11) is 0. The second kappa shape index (κ2) is 7.02. The molecule has 172 valence electrons. The highest BCUT2D eigenvalue weighted by atomic mass is 16.6. The van der Waals surface area contributed by atoms with Gasteiger partial charge in [0.05, 0.1) is 5.41 Å². The molecule has 4 nitrogen and oxygen atoms in total. The van der Waals surface area contributed by atoms with Gasteiger partial charge >= 0.3 is 5.97 Å². The number of hydrogen-bond donors (Lipinski definition) is 0. The molecule has 0 aromatic rings. The summed E-state index contributed by atoms with van der Waals surface area (Å²) in [6, 6.07) is 0. The Morgan fingerprint density at radius 2 is 1.71 bits per heavy atom. The first-order valence-corrected chi connectivity index (χ1v) is 12.3. The van der Waals surface area contributed by atoms with E-state index >= 15 is 0 Å². The summed E-state index contributed by atoms with van der Waals surface area (Å²) in [6.07, 6.45) is 8.17. The van der Waals surface area contributed by atoms with E-state index in [2.05, 4.69) is 20.8 Å². The topological polar surface area (TPSA) is 60.4 Å². The van der Waals surface area contributed by atoms with E-state index in [0.29, 0.717) is 36.5 Å². The summed E-state index contributed by atoms with van der Waals surface area (Å²) in [4.78, 5) is 38.3. The number of ether oxygens (including phenoxy) is 1. The molecular weight excluding hydrogens is 388 g/mol. The number of allylic oxidation sites excluding steroid dienone is 1. The molecule has 31 heavy (non-hydrogen) atoms. The molecule has 0 spiro atoms. The Hall–Kier alpha value is -1.45. The Morgan fingerprint density at radius 1 is 1.06 bits per heavy atom. The van der Waals surface area contributed by atoms with Crippen LogP contribution in [0.4, 0.5) is 0 Å². The molecule has 0 aromatic heterocycles. The summed E-state index contributed by atoms with van der Waals surface area (Å²) in [5, 5.41) is 0. The second-order valence-corrected chi connectivity index (χ2v) is 12.5. The van der Waals surface area contributed by atoms with Gasteiger partial charge in [-0.3, -0.25) is 14.4 Å². The third kappa shape index (κ3) is 3.03. The molecule has 0 aromatic carbocycles. The van der Waals surface area contributed by atoms with Gasteiger partial charge in [-0.25, -0.2) is 0 Å². The third-order valence-corrected chi connectivity index (χ3v) is 10.1.